The van der Waals surface area contributed by atoms with Gasteiger partial charge in [0.2, 0.25) is 5.91 Å². The molecule has 1 amide bonds. The van der Waals surface area contributed by atoms with Crippen LogP contribution in [0.25, 0.3) is 0 Å². The Morgan fingerprint density at radius 2 is 1.62 bits per heavy atom. The van der Waals surface area contributed by atoms with Gasteiger partial charge in [0.25, 0.3) is 0 Å². The Morgan fingerprint density at radius 3 is 2.17 bits per heavy atom. The minimum absolute atomic E-state index is 0.170. The van der Waals surface area contributed by atoms with Crippen molar-refractivity contribution in [3.05, 3.63) is 65.2 Å². The van der Waals surface area contributed by atoms with E-state index >= 15 is 0 Å². The maximum atomic E-state index is 12.3. The van der Waals surface area contributed by atoms with Crippen LogP contribution in [-0.2, 0) is 20.7 Å². The first-order valence-corrected chi connectivity index (χ1v) is 7.60. The summed E-state index contributed by atoms with van der Waals surface area (Å²) in [5.74, 6) is -0.0238. The number of amides is 1. The Hall–Kier alpha value is -2.82. The van der Waals surface area contributed by atoms with Crippen molar-refractivity contribution >= 4 is 11.9 Å². The van der Waals surface area contributed by atoms with Crippen LogP contribution in [0.5, 0.6) is 5.75 Å². The summed E-state index contributed by atoms with van der Waals surface area (Å²) >= 11 is 0. The van der Waals surface area contributed by atoms with Crippen molar-refractivity contribution in [1.82, 2.24) is 5.32 Å². The quantitative estimate of drug-likeness (QED) is 0.828. The van der Waals surface area contributed by atoms with Gasteiger partial charge in [-0.3, -0.25) is 4.79 Å². The van der Waals surface area contributed by atoms with Crippen molar-refractivity contribution < 1.29 is 19.1 Å². The van der Waals surface area contributed by atoms with Crippen LogP contribution in [0.15, 0.2) is 48.5 Å². The van der Waals surface area contributed by atoms with Crippen LogP contribution in [-0.4, -0.2) is 26.1 Å². The lowest BCUT2D eigenvalue weighted by molar-refractivity contribution is -0.145. The molecule has 1 N–H and O–H groups in total. The molecular weight excluding hydrogens is 306 g/mol. The molecule has 1 atom stereocenters. The number of ether oxygens (including phenoxy) is 2. The fraction of sp³-hybridized carbons (Fsp3) is 0.263. The van der Waals surface area contributed by atoms with Gasteiger partial charge in [0, 0.05) is 0 Å². The summed E-state index contributed by atoms with van der Waals surface area (Å²) in [7, 11) is 2.89. The van der Waals surface area contributed by atoms with E-state index in [9.17, 15) is 9.59 Å². The molecule has 5 nitrogen and oxygen atoms in total. The SMILES string of the molecule is COC(=O)[C@@H](NC(=O)Cc1ccc(OC)cc1)c1ccc(C)cc1. The zero-order chi connectivity index (χ0) is 17.5. The van der Waals surface area contributed by atoms with Gasteiger partial charge in [0.1, 0.15) is 5.75 Å². The van der Waals surface area contributed by atoms with E-state index in [2.05, 4.69) is 5.32 Å². The van der Waals surface area contributed by atoms with E-state index in [-0.39, 0.29) is 12.3 Å². The summed E-state index contributed by atoms with van der Waals surface area (Å²) in [5, 5.41) is 2.74. The predicted octanol–water partition coefficient (Wildman–Crippen LogP) is 2.58. The third-order valence-electron chi connectivity index (χ3n) is 3.68. The Balaban J connectivity index is 2.09. The minimum atomic E-state index is -0.818. The summed E-state index contributed by atoms with van der Waals surface area (Å²) in [6, 6.07) is 13.8. The zero-order valence-corrected chi connectivity index (χ0v) is 14.0. The zero-order valence-electron chi connectivity index (χ0n) is 14.0. The van der Waals surface area contributed by atoms with Gasteiger partial charge < -0.3 is 14.8 Å². The van der Waals surface area contributed by atoms with E-state index < -0.39 is 12.0 Å². The largest absolute Gasteiger partial charge is 0.497 e. The minimum Gasteiger partial charge on any atom is -0.497 e. The Kier molecular flexibility index (Phi) is 5.95. The third-order valence-corrected chi connectivity index (χ3v) is 3.68. The second-order valence-electron chi connectivity index (χ2n) is 5.46. The summed E-state index contributed by atoms with van der Waals surface area (Å²) in [4.78, 5) is 24.3. The topological polar surface area (TPSA) is 64.6 Å². The number of hydrogen-bond donors (Lipinski definition) is 1. The molecule has 0 aliphatic rings. The molecule has 0 bridgehead atoms. The molecular formula is C19H21NO4. The highest BCUT2D eigenvalue weighted by atomic mass is 16.5. The number of methoxy groups -OCH3 is 2. The number of esters is 1. The maximum Gasteiger partial charge on any atom is 0.333 e. The Morgan fingerprint density at radius 1 is 1.00 bits per heavy atom. The van der Waals surface area contributed by atoms with Gasteiger partial charge in [-0.15, -0.1) is 0 Å². The lowest BCUT2D eigenvalue weighted by atomic mass is 10.0. The molecule has 0 heterocycles. The summed E-state index contributed by atoms with van der Waals surface area (Å²) in [6.45, 7) is 1.96. The van der Waals surface area contributed by atoms with Gasteiger partial charge in [0.05, 0.1) is 20.6 Å². The lowest BCUT2D eigenvalue weighted by Gasteiger charge is -2.17. The molecule has 0 radical (unpaired) electrons. The molecule has 5 heteroatoms. The van der Waals surface area contributed by atoms with Gasteiger partial charge in [0.15, 0.2) is 6.04 Å². The Labute approximate surface area is 141 Å². The number of carbonyl (C=O) groups excluding carboxylic acids is 2. The summed E-state index contributed by atoms with van der Waals surface area (Å²) < 4.78 is 9.90. The molecule has 2 aromatic rings. The second kappa shape index (κ2) is 8.15. The first-order valence-electron chi connectivity index (χ1n) is 7.60. The normalized spacial score (nSPS) is 11.5. The molecule has 0 aliphatic heterocycles. The van der Waals surface area contributed by atoms with Crippen LogP contribution in [0.4, 0.5) is 0 Å². The van der Waals surface area contributed by atoms with E-state index in [1.54, 1.807) is 19.2 Å². The Bertz CT molecular complexity index is 692. The highest BCUT2D eigenvalue weighted by Crippen LogP contribution is 2.16. The predicted molar refractivity (Wildman–Crippen MR) is 90.8 cm³/mol. The van der Waals surface area contributed by atoms with Crippen LogP contribution in [0.3, 0.4) is 0 Å². The van der Waals surface area contributed by atoms with Gasteiger partial charge in [-0.2, -0.15) is 0 Å². The molecule has 126 valence electrons. The summed E-state index contributed by atoms with van der Waals surface area (Å²) in [6.07, 6.45) is 0.170. The molecule has 0 fully saturated rings. The van der Waals surface area contributed by atoms with Crippen LogP contribution in [0.1, 0.15) is 22.7 Å². The van der Waals surface area contributed by atoms with Crippen LogP contribution >= 0.6 is 0 Å². The molecule has 0 unspecified atom stereocenters. The first kappa shape index (κ1) is 17.5. The highest BCUT2D eigenvalue weighted by molar-refractivity contribution is 5.86. The van der Waals surface area contributed by atoms with E-state index in [4.69, 9.17) is 9.47 Å². The molecule has 0 saturated heterocycles. The summed E-state index contributed by atoms with van der Waals surface area (Å²) in [5.41, 5.74) is 2.60. The van der Waals surface area contributed by atoms with E-state index in [0.29, 0.717) is 5.56 Å². The second-order valence-corrected chi connectivity index (χ2v) is 5.46. The first-order chi connectivity index (χ1) is 11.5. The van der Waals surface area contributed by atoms with Gasteiger partial charge in [-0.25, -0.2) is 4.79 Å². The monoisotopic (exact) mass is 327 g/mol. The fourth-order valence-electron chi connectivity index (χ4n) is 2.30. The number of benzene rings is 2. The number of carbonyl (C=O) groups is 2. The average Bonchev–Trinajstić information content (AvgIpc) is 2.60. The van der Waals surface area contributed by atoms with Crippen LogP contribution in [0.2, 0.25) is 0 Å². The van der Waals surface area contributed by atoms with Gasteiger partial charge in [-0.1, -0.05) is 42.0 Å². The van der Waals surface area contributed by atoms with Gasteiger partial charge >= 0.3 is 5.97 Å². The maximum absolute atomic E-state index is 12.3. The number of aryl methyl sites for hydroxylation is 1. The number of hydrogen-bond acceptors (Lipinski definition) is 4. The standard InChI is InChI=1S/C19H21NO4/c1-13-4-8-15(9-5-13)18(19(22)24-3)20-17(21)12-14-6-10-16(23-2)11-7-14/h4-11,18H,12H2,1-3H3,(H,20,21)/t18-/m0/s1. The van der Waals surface area contributed by atoms with Crippen LogP contribution in [0, 0.1) is 6.92 Å². The molecule has 2 aromatic carbocycles. The van der Waals surface area contributed by atoms with Crippen molar-refractivity contribution in [2.45, 2.75) is 19.4 Å². The van der Waals surface area contributed by atoms with Crippen molar-refractivity contribution in [1.29, 1.82) is 0 Å². The lowest BCUT2D eigenvalue weighted by Crippen LogP contribution is -2.35. The molecule has 0 spiro atoms. The van der Waals surface area contributed by atoms with E-state index in [0.717, 1.165) is 16.9 Å². The number of nitrogens with one attached hydrogen (secondary N) is 1. The number of rotatable bonds is 6. The van der Waals surface area contributed by atoms with Gasteiger partial charge in [-0.05, 0) is 30.2 Å². The molecule has 24 heavy (non-hydrogen) atoms. The average molecular weight is 327 g/mol. The molecule has 0 aromatic heterocycles. The van der Waals surface area contributed by atoms with Crippen molar-refractivity contribution in [3.8, 4) is 5.75 Å². The van der Waals surface area contributed by atoms with Crippen molar-refractivity contribution in [2.75, 3.05) is 14.2 Å². The fourth-order valence-corrected chi connectivity index (χ4v) is 2.30. The molecule has 2 rings (SSSR count). The molecule has 0 aliphatic carbocycles. The third kappa shape index (κ3) is 4.59. The smallest absolute Gasteiger partial charge is 0.333 e. The van der Waals surface area contributed by atoms with E-state index in [1.807, 2.05) is 43.3 Å². The van der Waals surface area contributed by atoms with Crippen molar-refractivity contribution in [3.63, 3.8) is 0 Å². The van der Waals surface area contributed by atoms with Crippen molar-refractivity contribution in [2.24, 2.45) is 0 Å². The van der Waals surface area contributed by atoms with E-state index in [1.165, 1.54) is 7.11 Å². The molecule has 0 saturated carbocycles. The highest BCUT2D eigenvalue weighted by Gasteiger charge is 2.23. The van der Waals surface area contributed by atoms with Crippen LogP contribution < -0.4 is 10.1 Å².